The van der Waals surface area contributed by atoms with Crippen LogP contribution in [0, 0.1) is 0 Å². The van der Waals surface area contributed by atoms with E-state index in [-0.39, 0.29) is 6.61 Å². The van der Waals surface area contributed by atoms with Crippen molar-refractivity contribution in [1.29, 1.82) is 0 Å². The molecule has 1 aliphatic rings. The maximum absolute atomic E-state index is 11.6. The summed E-state index contributed by atoms with van der Waals surface area (Å²) in [6, 6.07) is 0. The summed E-state index contributed by atoms with van der Waals surface area (Å²) in [5.41, 5.74) is 0. The first-order valence-corrected chi connectivity index (χ1v) is 9.38. The Kier molecular flexibility index (Phi) is 11.2. The number of carbonyl (C=O) groups is 2. The van der Waals surface area contributed by atoms with Crippen LogP contribution in [0.25, 0.3) is 0 Å². The normalized spacial score (nSPS) is 27.8. The van der Waals surface area contributed by atoms with Crippen LogP contribution >= 0.6 is 0 Å². The van der Waals surface area contributed by atoms with Crippen LogP contribution in [0.5, 0.6) is 0 Å². The number of hydrogen-bond donors (Lipinski definition) is 1. The SMILES string of the molecule is C=CCCCOC1OC(COC(C)=O)C(O)C(OCCCC)C1OC(C)=O. The summed E-state index contributed by atoms with van der Waals surface area (Å²) in [4.78, 5) is 22.7. The van der Waals surface area contributed by atoms with Crippen LogP contribution in [0.1, 0.15) is 46.5 Å². The number of esters is 2. The van der Waals surface area contributed by atoms with Crippen molar-refractivity contribution in [3.05, 3.63) is 12.7 Å². The molecule has 5 unspecified atom stereocenters. The summed E-state index contributed by atoms with van der Waals surface area (Å²) in [7, 11) is 0. The van der Waals surface area contributed by atoms with E-state index in [0.29, 0.717) is 19.6 Å². The predicted octanol–water partition coefficient (Wildman–Crippen LogP) is 1.74. The van der Waals surface area contributed by atoms with E-state index in [1.54, 1.807) is 6.08 Å². The van der Waals surface area contributed by atoms with Gasteiger partial charge in [-0.15, -0.1) is 6.58 Å². The summed E-state index contributed by atoms with van der Waals surface area (Å²) < 4.78 is 27.6. The summed E-state index contributed by atoms with van der Waals surface area (Å²) in [6.07, 6.45) is 0.260. The monoisotopic (exact) mass is 388 g/mol. The minimum atomic E-state index is -1.14. The molecule has 1 fully saturated rings. The number of ether oxygens (including phenoxy) is 5. The molecular weight excluding hydrogens is 356 g/mol. The molecular formula is C19H32O8. The molecule has 1 N–H and O–H groups in total. The molecule has 0 spiro atoms. The standard InChI is InChI=1S/C19H32O8/c1-5-7-9-11-24-19-18(26-14(4)21)17(23-10-8-6-2)16(22)15(27-19)12-25-13(3)20/h5,15-19,22H,1,6-12H2,2-4H3. The van der Waals surface area contributed by atoms with Gasteiger partial charge in [-0.1, -0.05) is 19.4 Å². The molecule has 1 rings (SSSR count). The molecule has 1 saturated heterocycles. The zero-order valence-corrected chi connectivity index (χ0v) is 16.4. The van der Waals surface area contributed by atoms with E-state index in [9.17, 15) is 14.7 Å². The second kappa shape index (κ2) is 12.8. The van der Waals surface area contributed by atoms with Gasteiger partial charge < -0.3 is 28.8 Å². The van der Waals surface area contributed by atoms with Gasteiger partial charge in [0.05, 0.1) is 6.61 Å². The maximum Gasteiger partial charge on any atom is 0.303 e. The van der Waals surface area contributed by atoms with E-state index in [0.717, 1.165) is 19.3 Å². The summed E-state index contributed by atoms with van der Waals surface area (Å²) in [5.74, 6) is -1.02. The topological polar surface area (TPSA) is 101 Å². The van der Waals surface area contributed by atoms with Crippen molar-refractivity contribution in [2.45, 2.75) is 77.2 Å². The van der Waals surface area contributed by atoms with Crippen LogP contribution in [0.4, 0.5) is 0 Å². The third-order valence-corrected chi connectivity index (χ3v) is 4.01. The molecule has 0 aromatic heterocycles. The van der Waals surface area contributed by atoms with E-state index < -0.39 is 42.6 Å². The van der Waals surface area contributed by atoms with Crippen LogP contribution < -0.4 is 0 Å². The number of unbranched alkanes of at least 4 members (excludes halogenated alkanes) is 2. The lowest BCUT2D eigenvalue weighted by Crippen LogP contribution is -2.61. The Morgan fingerprint density at radius 3 is 2.41 bits per heavy atom. The number of allylic oxidation sites excluding steroid dienone is 1. The van der Waals surface area contributed by atoms with Gasteiger partial charge >= 0.3 is 11.9 Å². The second-order valence-electron chi connectivity index (χ2n) is 6.40. The zero-order chi connectivity index (χ0) is 20.2. The van der Waals surface area contributed by atoms with Crippen molar-refractivity contribution in [1.82, 2.24) is 0 Å². The van der Waals surface area contributed by atoms with E-state index >= 15 is 0 Å². The number of carbonyl (C=O) groups excluding carboxylic acids is 2. The van der Waals surface area contributed by atoms with Gasteiger partial charge in [-0.05, 0) is 19.3 Å². The molecule has 27 heavy (non-hydrogen) atoms. The largest absolute Gasteiger partial charge is 0.463 e. The Morgan fingerprint density at radius 2 is 1.81 bits per heavy atom. The number of aliphatic hydroxyl groups is 1. The van der Waals surface area contributed by atoms with Crippen molar-refractivity contribution >= 4 is 11.9 Å². The third kappa shape index (κ3) is 8.38. The predicted molar refractivity (Wildman–Crippen MR) is 96.9 cm³/mol. The highest BCUT2D eigenvalue weighted by Gasteiger charge is 2.49. The molecule has 0 amide bonds. The van der Waals surface area contributed by atoms with E-state index in [2.05, 4.69) is 6.58 Å². The molecule has 8 heteroatoms. The second-order valence-corrected chi connectivity index (χ2v) is 6.40. The van der Waals surface area contributed by atoms with Crippen LogP contribution in [0.15, 0.2) is 12.7 Å². The van der Waals surface area contributed by atoms with Crippen LogP contribution in [0.2, 0.25) is 0 Å². The summed E-state index contributed by atoms with van der Waals surface area (Å²) in [5, 5.41) is 10.7. The van der Waals surface area contributed by atoms with Crippen LogP contribution in [-0.4, -0.2) is 67.6 Å². The minimum Gasteiger partial charge on any atom is -0.463 e. The molecule has 0 aromatic carbocycles. The van der Waals surface area contributed by atoms with E-state index in [1.165, 1.54) is 13.8 Å². The zero-order valence-electron chi connectivity index (χ0n) is 16.4. The Morgan fingerprint density at radius 1 is 1.11 bits per heavy atom. The number of rotatable bonds is 12. The molecule has 0 radical (unpaired) electrons. The van der Waals surface area contributed by atoms with Crippen molar-refractivity contribution in [3.63, 3.8) is 0 Å². The summed E-state index contributed by atoms with van der Waals surface area (Å²) >= 11 is 0. The Labute approximate surface area is 160 Å². The van der Waals surface area contributed by atoms with E-state index in [4.69, 9.17) is 23.7 Å². The van der Waals surface area contributed by atoms with Gasteiger partial charge in [0.15, 0.2) is 12.4 Å². The van der Waals surface area contributed by atoms with Gasteiger partial charge in [0.1, 0.15) is 24.9 Å². The average molecular weight is 388 g/mol. The molecule has 0 bridgehead atoms. The number of aliphatic hydroxyl groups excluding tert-OH is 1. The van der Waals surface area contributed by atoms with Gasteiger partial charge in [0, 0.05) is 20.5 Å². The highest BCUT2D eigenvalue weighted by Crippen LogP contribution is 2.28. The molecule has 0 saturated carbocycles. The highest BCUT2D eigenvalue weighted by molar-refractivity contribution is 5.66. The van der Waals surface area contributed by atoms with Crippen LogP contribution in [-0.2, 0) is 33.3 Å². The molecule has 1 heterocycles. The molecule has 5 atom stereocenters. The lowest BCUT2D eigenvalue weighted by atomic mass is 9.98. The van der Waals surface area contributed by atoms with Crippen molar-refractivity contribution in [2.24, 2.45) is 0 Å². The molecule has 1 aliphatic heterocycles. The Balaban J connectivity index is 2.91. The Bertz CT molecular complexity index is 467. The molecule has 0 aromatic rings. The molecule has 8 nitrogen and oxygen atoms in total. The quantitative estimate of drug-likeness (QED) is 0.306. The first-order valence-electron chi connectivity index (χ1n) is 9.38. The average Bonchev–Trinajstić information content (AvgIpc) is 2.61. The lowest BCUT2D eigenvalue weighted by molar-refractivity contribution is -0.310. The fraction of sp³-hybridized carbons (Fsp3) is 0.789. The van der Waals surface area contributed by atoms with Crippen molar-refractivity contribution < 1.29 is 38.4 Å². The Hall–Kier alpha value is -1.48. The molecule has 0 aliphatic carbocycles. The van der Waals surface area contributed by atoms with Gasteiger partial charge in [0.2, 0.25) is 0 Å². The van der Waals surface area contributed by atoms with Crippen molar-refractivity contribution in [2.75, 3.05) is 19.8 Å². The van der Waals surface area contributed by atoms with Gasteiger partial charge in [-0.25, -0.2) is 0 Å². The van der Waals surface area contributed by atoms with Crippen LogP contribution in [0.3, 0.4) is 0 Å². The molecule has 156 valence electrons. The lowest BCUT2D eigenvalue weighted by Gasteiger charge is -2.43. The summed E-state index contributed by atoms with van der Waals surface area (Å²) in [6.45, 7) is 8.81. The third-order valence-electron chi connectivity index (χ3n) is 4.01. The first kappa shape index (κ1) is 23.6. The van der Waals surface area contributed by atoms with Gasteiger partial charge in [0.25, 0.3) is 0 Å². The minimum absolute atomic E-state index is 0.149. The van der Waals surface area contributed by atoms with Gasteiger partial charge in [-0.3, -0.25) is 9.59 Å². The van der Waals surface area contributed by atoms with E-state index in [1.807, 2.05) is 6.92 Å². The first-order chi connectivity index (χ1) is 12.9. The van der Waals surface area contributed by atoms with Crippen molar-refractivity contribution in [3.8, 4) is 0 Å². The highest BCUT2D eigenvalue weighted by atomic mass is 16.7. The smallest absolute Gasteiger partial charge is 0.303 e. The maximum atomic E-state index is 11.6. The fourth-order valence-corrected chi connectivity index (χ4v) is 2.66. The fourth-order valence-electron chi connectivity index (χ4n) is 2.66. The van der Waals surface area contributed by atoms with Gasteiger partial charge in [-0.2, -0.15) is 0 Å². The number of hydrogen-bond acceptors (Lipinski definition) is 8.